The summed E-state index contributed by atoms with van der Waals surface area (Å²) < 4.78 is 40.9. The van der Waals surface area contributed by atoms with E-state index in [0.717, 1.165) is 6.42 Å². The molecule has 3 fully saturated rings. The molecule has 0 aromatic carbocycles. The zero-order valence-electron chi connectivity index (χ0n) is 15.5. The highest BCUT2D eigenvalue weighted by Crippen LogP contribution is 2.52. The molecule has 1 saturated carbocycles. The smallest absolute Gasteiger partial charge is 0.307 e. The molecule has 4 atom stereocenters. The fraction of sp³-hybridized carbons (Fsp3) is 0.722. The first-order chi connectivity index (χ1) is 13.4. The number of carbonyl (C=O) groups excluding carboxylic acids is 1. The average molecular weight is 415 g/mol. The molecule has 1 unspecified atom stereocenters. The summed E-state index contributed by atoms with van der Waals surface area (Å²) in [4.78, 5) is 22.8. The molecule has 6 nitrogen and oxygen atoms in total. The quantitative estimate of drug-likeness (QED) is 0.527. The molecule has 0 radical (unpaired) electrons. The van der Waals surface area contributed by atoms with Crippen LogP contribution in [0.3, 0.4) is 0 Å². The van der Waals surface area contributed by atoms with E-state index in [1.807, 2.05) is 0 Å². The van der Waals surface area contributed by atoms with Crippen molar-refractivity contribution in [3.63, 3.8) is 0 Å². The zero-order chi connectivity index (χ0) is 19.9. The molecule has 10 heteroatoms. The van der Waals surface area contributed by atoms with E-state index in [0.29, 0.717) is 50.7 Å². The molecular weight excluding hydrogens is 391 g/mol. The molecule has 1 amide bonds. The highest BCUT2D eigenvalue weighted by Gasteiger charge is 2.49. The number of fused-ring (bicyclic) bond motifs is 1. The van der Waals surface area contributed by atoms with Gasteiger partial charge in [-0.25, -0.2) is 4.99 Å². The van der Waals surface area contributed by atoms with Crippen molar-refractivity contribution < 1.29 is 18.0 Å². The fourth-order valence-electron chi connectivity index (χ4n) is 4.73. The van der Waals surface area contributed by atoms with Gasteiger partial charge in [0.1, 0.15) is 6.04 Å². The number of thiol groups is 1. The van der Waals surface area contributed by atoms with Gasteiger partial charge in [-0.15, -0.1) is 0 Å². The van der Waals surface area contributed by atoms with Crippen LogP contribution in [0.2, 0.25) is 0 Å². The molecule has 28 heavy (non-hydrogen) atoms. The molecule has 0 aromatic rings. The number of hydrogen-bond donors (Lipinski definition) is 1. The van der Waals surface area contributed by atoms with E-state index in [9.17, 15) is 18.0 Å². The molecule has 1 aliphatic carbocycles. The highest BCUT2D eigenvalue weighted by molar-refractivity contribution is 8.32. The first-order valence-electron chi connectivity index (χ1n) is 9.70. The van der Waals surface area contributed by atoms with Crippen LogP contribution in [-0.2, 0) is 4.79 Å². The third kappa shape index (κ3) is 3.50. The number of piperazine rings is 2. The summed E-state index contributed by atoms with van der Waals surface area (Å²) in [5, 5.41) is 11.0. The Kier molecular flexibility index (Phi) is 5.31. The molecule has 154 valence electrons. The van der Waals surface area contributed by atoms with Crippen LogP contribution in [0.15, 0.2) is 16.6 Å². The van der Waals surface area contributed by atoms with Crippen molar-refractivity contribution in [3.8, 4) is 6.19 Å². The van der Waals surface area contributed by atoms with Crippen molar-refractivity contribution >= 4 is 22.0 Å². The zero-order valence-corrected chi connectivity index (χ0v) is 16.4. The maximum atomic E-state index is 13.6. The Morgan fingerprint density at radius 1 is 1.18 bits per heavy atom. The Morgan fingerprint density at radius 3 is 2.68 bits per heavy atom. The number of amidine groups is 1. The van der Waals surface area contributed by atoms with E-state index in [1.165, 1.54) is 0 Å². The van der Waals surface area contributed by atoms with E-state index in [1.54, 1.807) is 21.4 Å². The van der Waals surface area contributed by atoms with Crippen LogP contribution < -0.4 is 0 Å². The molecule has 3 heterocycles. The maximum absolute atomic E-state index is 13.6. The van der Waals surface area contributed by atoms with E-state index in [4.69, 9.17) is 5.26 Å². The minimum Gasteiger partial charge on any atom is -0.307 e. The molecule has 4 aliphatic rings. The summed E-state index contributed by atoms with van der Waals surface area (Å²) in [5.74, 6) is -1.46. The number of hydrogen-bond acceptors (Lipinski definition) is 5. The van der Waals surface area contributed by atoms with Crippen LogP contribution in [0.5, 0.6) is 0 Å². The van der Waals surface area contributed by atoms with Gasteiger partial charge in [0.15, 0.2) is 11.4 Å². The van der Waals surface area contributed by atoms with Crippen molar-refractivity contribution in [2.75, 3.05) is 32.7 Å². The first-order valence-corrected chi connectivity index (χ1v) is 11.2. The van der Waals surface area contributed by atoms with Crippen LogP contribution in [0, 0.1) is 17.4 Å². The van der Waals surface area contributed by atoms with Gasteiger partial charge in [0, 0.05) is 37.6 Å². The minimum atomic E-state index is -4.21. The van der Waals surface area contributed by atoms with E-state index < -0.39 is 34.3 Å². The first kappa shape index (κ1) is 19.6. The lowest BCUT2D eigenvalue weighted by Crippen LogP contribution is -2.65. The standard InChI is InChI=1S/C18H24F3N5OS/c19-18(20,21)13-3-1-2-4-15(13)28-10-5-23-17(28)26-9-8-25-7-6-24(12-22)11-14(25)16(26)27/h5,10,13-15,28H,1-4,6-9,11H2/t13-,14+,15-/m0/s1. The van der Waals surface area contributed by atoms with Crippen molar-refractivity contribution in [1.29, 1.82) is 5.26 Å². The van der Waals surface area contributed by atoms with Gasteiger partial charge in [0.2, 0.25) is 5.91 Å². The Labute approximate surface area is 165 Å². The largest absolute Gasteiger partial charge is 0.392 e. The summed E-state index contributed by atoms with van der Waals surface area (Å²) in [6.45, 7) is 2.69. The summed E-state index contributed by atoms with van der Waals surface area (Å²) in [6.07, 6.45) is 1.54. The van der Waals surface area contributed by atoms with Crippen LogP contribution in [0.4, 0.5) is 13.2 Å². The molecule has 0 spiro atoms. The van der Waals surface area contributed by atoms with Crippen molar-refractivity contribution in [1.82, 2.24) is 14.7 Å². The predicted molar refractivity (Wildman–Crippen MR) is 102 cm³/mol. The van der Waals surface area contributed by atoms with Gasteiger partial charge in [0.05, 0.1) is 12.5 Å². The lowest BCUT2D eigenvalue weighted by molar-refractivity contribution is -0.179. The lowest BCUT2D eigenvalue weighted by Gasteiger charge is -2.47. The van der Waals surface area contributed by atoms with Gasteiger partial charge >= 0.3 is 6.18 Å². The average Bonchev–Trinajstić information content (AvgIpc) is 3.17. The number of carbonyl (C=O) groups is 1. The number of nitriles is 1. The summed E-state index contributed by atoms with van der Waals surface area (Å²) in [5.41, 5.74) is 0. The molecule has 4 rings (SSSR count). The van der Waals surface area contributed by atoms with Crippen molar-refractivity contribution in [2.45, 2.75) is 43.2 Å². The second kappa shape index (κ2) is 7.59. The highest BCUT2D eigenvalue weighted by atomic mass is 32.2. The number of amides is 1. The van der Waals surface area contributed by atoms with Gasteiger partial charge in [-0.2, -0.15) is 29.3 Å². The lowest BCUT2D eigenvalue weighted by atomic mass is 9.88. The van der Waals surface area contributed by atoms with E-state index >= 15 is 0 Å². The molecule has 0 aromatic heterocycles. The molecular formula is C18H24F3N5OS. The second-order valence-electron chi connectivity index (χ2n) is 7.72. The van der Waals surface area contributed by atoms with Gasteiger partial charge in [-0.1, -0.05) is 12.8 Å². The number of alkyl halides is 3. The summed E-state index contributed by atoms with van der Waals surface area (Å²) in [7, 11) is -1.26. The predicted octanol–water partition coefficient (Wildman–Crippen LogP) is 2.26. The third-order valence-electron chi connectivity index (χ3n) is 6.19. The maximum Gasteiger partial charge on any atom is 0.392 e. The van der Waals surface area contributed by atoms with Crippen molar-refractivity contribution in [2.24, 2.45) is 10.9 Å². The van der Waals surface area contributed by atoms with Crippen LogP contribution in [-0.4, -0.2) is 76.0 Å². The van der Waals surface area contributed by atoms with Gasteiger partial charge in [-0.05, 0) is 18.2 Å². The van der Waals surface area contributed by atoms with Gasteiger partial charge < -0.3 is 4.90 Å². The Balaban J connectivity index is 1.54. The SMILES string of the molecule is N#CN1CCN2CCN(C3=NC=C[SH]3[C@H]3CCCC[C@@H]3C(F)(F)F)C(=O)[C@H]2C1. The number of nitrogens with zero attached hydrogens (tertiary/aromatic N) is 5. The van der Waals surface area contributed by atoms with Gasteiger partial charge in [-0.3, -0.25) is 14.6 Å². The number of rotatable bonds is 1. The topological polar surface area (TPSA) is 62.9 Å². The Hall–Kier alpha value is -1.73. The van der Waals surface area contributed by atoms with Crippen LogP contribution in [0.1, 0.15) is 25.7 Å². The summed E-state index contributed by atoms with van der Waals surface area (Å²) >= 11 is 0. The minimum absolute atomic E-state index is 0.138. The third-order valence-corrected chi connectivity index (χ3v) is 8.80. The molecule has 0 bridgehead atoms. The second-order valence-corrected chi connectivity index (χ2v) is 9.90. The Morgan fingerprint density at radius 2 is 1.93 bits per heavy atom. The van der Waals surface area contributed by atoms with Crippen molar-refractivity contribution in [3.05, 3.63) is 11.6 Å². The molecule has 3 aliphatic heterocycles. The van der Waals surface area contributed by atoms with Crippen LogP contribution in [0.25, 0.3) is 0 Å². The van der Waals surface area contributed by atoms with E-state index in [2.05, 4.69) is 16.1 Å². The molecule has 2 saturated heterocycles. The number of aliphatic imine (C=N–C) groups is 1. The van der Waals surface area contributed by atoms with E-state index in [-0.39, 0.29) is 12.3 Å². The summed E-state index contributed by atoms with van der Waals surface area (Å²) in [6, 6.07) is -0.424. The normalized spacial score (nSPS) is 35.5. The number of halogens is 3. The Bertz CT molecular complexity index is 734. The molecule has 0 N–H and O–H groups in total. The monoisotopic (exact) mass is 415 g/mol. The van der Waals surface area contributed by atoms with Crippen LogP contribution >= 0.6 is 10.9 Å². The fourth-order valence-corrected chi connectivity index (χ4v) is 7.43. The van der Waals surface area contributed by atoms with Gasteiger partial charge in [0.25, 0.3) is 0 Å².